The number of nitrogens with one attached hydrogen (secondary N) is 2. The first kappa shape index (κ1) is 12.0. The first-order chi connectivity index (χ1) is 7.26. The van der Waals surface area contributed by atoms with Gasteiger partial charge in [0.2, 0.25) is 5.91 Å². The van der Waals surface area contributed by atoms with Gasteiger partial charge < -0.3 is 10.6 Å². The SMILES string of the molecule is CCC(C#N)NCCCC(=O)NC1CC1. The van der Waals surface area contributed by atoms with E-state index in [1.54, 1.807) is 0 Å². The highest BCUT2D eigenvalue weighted by molar-refractivity contribution is 5.76. The fraction of sp³-hybridized carbons (Fsp3) is 0.818. The molecule has 1 fully saturated rings. The van der Waals surface area contributed by atoms with Crippen molar-refractivity contribution < 1.29 is 4.79 Å². The second-order valence-electron chi connectivity index (χ2n) is 3.99. The van der Waals surface area contributed by atoms with E-state index in [1.807, 2.05) is 6.92 Å². The Bertz CT molecular complexity index is 243. The summed E-state index contributed by atoms with van der Waals surface area (Å²) in [5.41, 5.74) is 0. The molecule has 0 radical (unpaired) electrons. The lowest BCUT2D eigenvalue weighted by Gasteiger charge is -2.08. The van der Waals surface area contributed by atoms with E-state index < -0.39 is 0 Å². The Morgan fingerprint density at radius 3 is 2.87 bits per heavy atom. The van der Waals surface area contributed by atoms with Crippen molar-refractivity contribution in [1.82, 2.24) is 10.6 Å². The lowest BCUT2D eigenvalue weighted by atomic mass is 10.2. The van der Waals surface area contributed by atoms with E-state index in [0.29, 0.717) is 12.5 Å². The predicted octanol–water partition coefficient (Wildman–Crippen LogP) is 0.937. The van der Waals surface area contributed by atoms with E-state index in [0.717, 1.165) is 32.2 Å². The van der Waals surface area contributed by atoms with Crippen LogP contribution in [0.4, 0.5) is 0 Å². The van der Waals surface area contributed by atoms with E-state index in [9.17, 15) is 4.79 Å². The molecule has 0 aromatic heterocycles. The number of nitriles is 1. The van der Waals surface area contributed by atoms with Crippen LogP contribution in [0.5, 0.6) is 0 Å². The molecule has 0 saturated heterocycles. The molecule has 1 unspecified atom stereocenters. The van der Waals surface area contributed by atoms with Crippen LogP contribution in [-0.4, -0.2) is 24.5 Å². The second kappa shape index (κ2) is 6.41. The number of hydrogen-bond acceptors (Lipinski definition) is 3. The molecule has 15 heavy (non-hydrogen) atoms. The van der Waals surface area contributed by atoms with Crippen molar-refractivity contribution in [3.8, 4) is 6.07 Å². The lowest BCUT2D eigenvalue weighted by molar-refractivity contribution is -0.121. The number of rotatable bonds is 7. The minimum Gasteiger partial charge on any atom is -0.353 e. The van der Waals surface area contributed by atoms with Gasteiger partial charge in [0.1, 0.15) is 0 Å². The number of hydrogen-bond donors (Lipinski definition) is 2. The van der Waals surface area contributed by atoms with Crippen molar-refractivity contribution in [3.05, 3.63) is 0 Å². The van der Waals surface area contributed by atoms with Crippen molar-refractivity contribution in [2.24, 2.45) is 0 Å². The molecule has 1 atom stereocenters. The van der Waals surface area contributed by atoms with Crippen LogP contribution in [-0.2, 0) is 4.79 Å². The second-order valence-corrected chi connectivity index (χ2v) is 3.99. The Hall–Kier alpha value is -1.08. The van der Waals surface area contributed by atoms with Crippen molar-refractivity contribution in [3.63, 3.8) is 0 Å². The Kier molecular flexibility index (Phi) is 5.13. The first-order valence-electron chi connectivity index (χ1n) is 5.68. The van der Waals surface area contributed by atoms with Gasteiger partial charge in [-0.15, -0.1) is 0 Å². The van der Waals surface area contributed by atoms with Gasteiger partial charge in [0.15, 0.2) is 0 Å². The summed E-state index contributed by atoms with van der Waals surface area (Å²) in [6, 6.07) is 2.55. The lowest BCUT2D eigenvalue weighted by Crippen LogP contribution is -2.30. The van der Waals surface area contributed by atoms with Crippen LogP contribution in [0.1, 0.15) is 39.0 Å². The molecule has 0 spiro atoms. The molecule has 0 aromatic carbocycles. The molecule has 0 aliphatic heterocycles. The highest BCUT2D eigenvalue weighted by atomic mass is 16.1. The Morgan fingerprint density at radius 1 is 1.60 bits per heavy atom. The molecule has 1 saturated carbocycles. The van der Waals surface area contributed by atoms with Crippen LogP contribution in [0.15, 0.2) is 0 Å². The molecule has 1 aliphatic carbocycles. The zero-order chi connectivity index (χ0) is 11.1. The average molecular weight is 209 g/mol. The normalized spacial score (nSPS) is 16.8. The third kappa shape index (κ3) is 5.38. The van der Waals surface area contributed by atoms with Crippen LogP contribution >= 0.6 is 0 Å². The summed E-state index contributed by atoms with van der Waals surface area (Å²) in [5, 5.41) is 14.7. The quantitative estimate of drug-likeness (QED) is 0.613. The highest BCUT2D eigenvalue weighted by Crippen LogP contribution is 2.18. The third-order valence-corrected chi connectivity index (χ3v) is 2.48. The molecule has 1 aliphatic rings. The van der Waals surface area contributed by atoms with Gasteiger partial charge in [0, 0.05) is 12.5 Å². The monoisotopic (exact) mass is 209 g/mol. The zero-order valence-corrected chi connectivity index (χ0v) is 9.25. The summed E-state index contributed by atoms with van der Waals surface area (Å²) < 4.78 is 0. The smallest absolute Gasteiger partial charge is 0.220 e. The maximum Gasteiger partial charge on any atom is 0.220 e. The number of amides is 1. The van der Waals surface area contributed by atoms with Crippen LogP contribution in [0.3, 0.4) is 0 Å². The van der Waals surface area contributed by atoms with E-state index in [-0.39, 0.29) is 11.9 Å². The molecule has 2 N–H and O–H groups in total. The molecule has 1 amide bonds. The molecule has 0 heterocycles. The summed E-state index contributed by atoms with van der Waals surface area (Å²) in [4.78, 5) is 11.3. The number of carbonyl (C=O) groups excluding carboxylic acids is 1. The highest BCUT2D eigenvalue weighted by Gasteiger charge is 2.22. The molecule has 1 rings (SSSR count). The van der Waals surface area contributed by atoms with Gasteiger partial charge >= 0.3 is 0 Å². The minimum absolute atomic E-state index is 0.0727. The average Bonchev–Trinajstić information content (AvgIpc) is 3.02. The predicted molar refractivity (Wildman–Crippen MR) is 58.1 cm³/mol. The summed E-state index contributed by atoms with van der Waals surface area (Å²) in [7, 11) is 0. The standard InChI is InChI=1S/C11H19N3O/c1-2-9(8-12)13-7-3-4-11(15)14-10-5-6-10/h9-10,13H,2-7H2,1H3,(H,14,15). The molecule has 4 heteroatoms. The van der Waals surface area contributed by atoms with Gasteiger partial charge in [-0.2, -0.15) is 5.26 Å². The molecular formula is C11H19N3O. The van der Waals surface area contributed by atoms with Crippen LogP contribution in [0.25, 0.3) is 0 Å². The van der Waals surface area contributed by atoms with Gasteiger partial charge in [-0.25, -0.2) is 0 Å². The first-order valence-corrected chi connectivity index (χ1v) is 5.68. The molecule has 84 valence electrons. The van der Waals surface area contributed by atoms with Crippen molar-refractivity contribution in [1.29, 1.82) is 5.26 Å². The van der Waals surface area contributed by atoms with Crippen LogP contribution < -0.4 is 10.6 Å². The molecular weight excluding hydrogens is 190 g/mol. The topological polar surface area (TPSA) is 64.9 Å². The molecule has 0 bridgehead atoms. The van der Waals surface area contributed by atoms with Crippen molar-refractivity contribution in [2.45, 2.75) is 51.1 Å². The third-order valence-electron chi connectivity index (χ3n) is 2.48. The van der Waals surface area contributed by atoms with Crippen molar-refractivity contribution >= 4 is 5.91 Å². The van der Waals surface area contributed by atoms with Gasteiger partial charge in [-0.1, -0.05) is 6.92 Å². The van der Waals surface area contributed by atoms with Crippen LogP contribution in [0, 0.1) is 11.3 Å². The Balaban J connectivity index is 1.95. The summed E-state index contributed by atoms with van der Waals surface area (Å²) in [6.07, 6.45) is 4.44. The van der Waals surface area contributed by atoms with Gasteiger partial charge in [0.05, 0.1) is 12.1 Å². The van der Waals surface area contributed by atoms with E-state index >= 15 is 0 Å². The maximum atomic E-state index is 11.3. The van der Waals surface area contributed by atoms with Gasteiger partial charge in [-0.05, 0) is 32.2 Å². The van der Waals surface area contributed by atoms with Gasteiger partial charge in [0.25, 0.3) is 0 Å². The zero-order valence-electron chi connectivity index (χ0n) is 9.25. The maximum absolute atomic E-state index is 11.3. The van der Waals surface area contributed by atoms with Crippen molar-refractivity contribution in [2.75, 3.05) is 6.54 Å². The van der Waals surface area contributed by atoms with E-state index in [4.69, 9.17) is 5.26 Å². The number of nitrogens with zero attached hydrogens (tertiary/aromatic N) is 1. The fourth-order valence-corrected chi connectivity index (χ4v) is 1.33. The van der Waals surface area contributed by atoms with Gasteiger partial charge in [-0.3, -0.25) is 4.79 Å². The molecule has 4 nitrogen and oxygen atoms in total. The van der Waals surface area contributed by atoms with Crippen LogP contribution in [0.2, 0.25) is 0 Å². The van der Waals surface area contributed by atoms with E-state index in [2.05, 4.69) is 16.7 Å². The summed E-state index contributed by atoms with van der Waals surface area (Å²) in [6.45, 7) is 2.71. The fourth-order valence-electron chi connectivity index (χ4n) is 1.33. The Labute approximate surface area is 91.0 Å². The Morgan fingerprint density at radius 2 is 2.33 bits per heavy atom. The summed E-state index contributed by atoms with van der Waals surface area (Å²) in [5.74, 6) is 0.143. The largest absolute Gasteiger partial charge is 0.353 e. The minimum atomic E-state index is -0.0727. The van der Waals surface area contributed by atoms with E-state index in [1.165, 1.54) is 0 Å². The summed E-state index contributed by atoms with van der Waals surface area (Å²) >= 11 is 0. The number of carbonyl (C=O) groups is 1. The molecule has 0 aromatic rings.